The summed E-state index contributed by atoms with van der Waals surface area (Å²) in [4.78, 5) is 38.9. The van der Waals surface area contributed by atoms with E-state index >= 15 is 0 Å². The van der Waals surface area contributed by atoms with Crippen LogP contribution in [0.4, 0.5) is 5.69 Å². The fourth-order valence-corrected chi connectivity index (χ4v) is 4.87. The van der Waals surface area contributed by atoms with Gasteiger partial charge in [0.15, 0.2) is 0 Å². The molecule has 0 aliphatic carbocycles. The third-order valence-electron chi connectivity index (χ3n) is 5.88. The molecule has 0 saturated carbocycles. The number of thiophene rings is 1. The van der Waals surface area contributed by atoms with Crippen LogP contribution in [0.2, 0.25) is 0 Å². The summed E-state index contributed by atoms with van der Waals surface area (Å²) in [5, 5.41) is 8.96. The molecule has 1 saturated heterocycles. The second kappa shape index (κ2) is 8.03. The smallest absolute Gasteiger partial charge is 0.352 e. The average molecular weight is 454 g/mol. The zero-order chi connectivity index (χ0) is 22.4. The van der Waals surface area contributed by atoms with Crippen molar-refractivity contribution in [2.45, 2.75) is 45.9 Å². The number of carbonyl (C=O) groups excluding carboxylic acids is 1. The van der Waals surface area contributed by atoms with Crippen LogP contribution in [0.1, 0.15) is 24.0 Å². The number of benzene rings is 1. The minimum Gasteiger partial charge on any atom is -0.376 e. The number of rotatable bonds is 5. The average Bonchev–Trinajstić information content (AvgIpc) is 3.49. The Morgan fingerprint density at radius 3 is 2.84 bits per heavy atom. The minimum absolute atomic E-state index is 0.0951. The summed E-state index contributed by atoms with van der Waals surface area (Å²) in [7, 11) is 0. The second-order valence-electron chi connectivity index (χ2n) is 8.11. The number of hydrogen-bond donors (Lipinski definition) is 1. The van der Waals surface area contributed by atoms with Crippen LogP contribution < -0.4 is 16.6 Å². The van der Waals surface area contributed by atoms with Crippen molar-refractivity contribution in [3.05, 3.63) is 61.6 Å². The first-order chi connectivity index (χ1) is 15.4. The molecule has 1 atom stereocenters. The molecule has 4 heterocycles. The van der Waals surface area contributed by atoms with Gasteiger partial charge in [-0.15, -0.1) is 16.4 Å². The molecule has 9 nitrogen and oxygen atoms in total. The molecule has 166 valence electrons. The van der Waals surface area contributed by atoms with Gasteiger partial charge in [-0.05, 0) is 61.4 Å². The second-order valence-corrected chi connectivity index (χ2v) is 9.02. The summed E-state index contributed by atoms with van der Waals surface area (Å²) in [6.07, 6.45) is 1.70. The maximum absolute atomic E-state index is 13.2. The highest BCUT2D eigenvalue weighted by Gasteiger charge is 2.23. The van der Waals surface area contributed by atoms with Crippen molar-refractivity contribution in [2.75, 3.05) is 11.9 Å². The largest absolute Gasteiger partial charge is 0.376 e. The zero-order valence-electron chi connectivity index (χ0n) is 17.8. The highest BCUT2D eigenvalue weighted by Crippen LogP contribution is 2.20. The third kappa shape index (κ3) is 3.55. The normalized spacial score (nSPS) is 16.2. The van der Waals surface area contributed by atoms with Crippen LogP contribution in [0.3, 0.4) is 0 Å². The summed E-state index contributed by atoms with van der Waals surface area (Å²) in [5.74, 6) is -0.145. The summed E-state index contributed by atoms with van der Waals surface area (Å²) >= 11 is 1.29. The molecular weight excluding hydrogens is 430 g/mol. The predicted octanol–water partition coefficient (Wildman–Crippen LogP) is 2.31. The van der Waals surface area contributed by atoms with Crippen molar-refractivity contribution in [3.63, 3.8) is 0 Å². The molecule has 1 amide bonds. The number of nitrogens with zero attached hydrogens (tertiary/aromatic N) is 4. The van der Waals surface area contributed by atoms with Crippen LogP contribution >= 0.6 is 11.3 Å². The lowest BCUT2D eigenvalue weighted by Gasteiger charge is -2.12. The molecule has 1 fully saturated rings. The van der Waals surface area contributed by atoms with Crippen LogP contribution in [-0.2, 0) is 22.6 Å². The number of hydrogen-bond acceptors (Lipinski definition) is 6. The Hall–Kier alpha value is -3.24. The molecule has 5 rings (SSSR count). The Morgan fingerprint density at radius 1 is 1.25 bits per heavy atom. The summed E-state index contributed by atoms with van der Waals surface area (Å²) in [5.41, 5.74) is 2.69. The number of amides is 1. The van der Waals surface area contributed by atoms with E-state index < -0.39 is 5.69 Å². The quantitative estimate of drug-likeness (QED) is 0.500. The van der Waals surface area contributed by atoms with Crippen LogP contribution in [-0.4, -0.2) is 37.4 Å². The molecule has 0 spiro atoms. The third-order valence-corrected chi connectivity index (χ3v) is 6.77. The van der Waals surface area contributed by atoms with Crippen molar-refractivity contribution in [3.8, 4) is 0 Å². The van der Waals surface area contributed by atoms with Gasteiger partial charge in [0.05, 0.1) is 18.2 Å². The van der Waals surface area contributed by atoms with E-state index in [-0.39, 0.29) is 29.9 Å². The molecule has 0 unspecified atom stereocenters. The summed E-state index contributed by atoms with van der Waals surface area (Å²) in [6.45, 7) is 4.70. The monoisotopic (exact) mass is 453 g/mol. The van der Waals surface area contributed by atoms with Crippen molar-refractivity contribution < 1.29 is 9.53 Å². The fourth-order valence-electron chi connectivity index (χ4n) is 4.05. The van der Waals surface area contributed by atoms with Crippen molar-refractivity contribution >= 4 is 38.9 Å². The van der Waals surface area contributed by atoms with E-state index in [1.54, 1.807) is 11.4 Å². The Morgan fingerprint density at radius 2 is 2.09 bits per heavy atom. The van der Waals surface area contributed by atoms with Gasteiger partial charge < -0.3 is 10.1 Å². The Bertz CT molecular complexity index is 1460. The maximum Gasteiger partial charge on any atom is 0.352 e. The molecule has 1 aromatic carbocycles. The number of anilines is 1. The highest BCUT2D eigenvalue weighted by molar-refractivity contribution is 7.17. The van der Waals surface area contributed by atoms with Crippen LogP contribution in [0, 0.1) is 13.8 Å². The number of carbonyl (C=O) groups is 1. The number of nitrogens with one attached hydrogen (secondary N) is 1. The van der Waals surface area contributed by atoms with Crippen molar-refractivity contribution in [1.29, 1.82) is 0 Å². The van der Waals surface area contributed by atoms with Gasteiger partial charge in [-0.1, -0.05) is 6.07 Å². The topological polar surface area (TPSA) is 99.6 Å². The van der Waals surface area contributed by atoms with Crippen LogP contribution in [0.25, 0.3) is 16.0 Å². The molecule has 4 aromatic rings. The van der Waals surface area contributed by atoms with Gasteiger partial charge >= 0.3 is 5.69 Å². The molecule has 10 heteroatoms. The lowest BCUT2D eigenvalue weighted by atomic mass is 10.1. The SMILES string of the molecule is Cc1ccc(NC(=O)Cn2nc3n(C[C@@H]4CCCO4)c(=O)c4sccc4n3c2=O)cc1C. The molecule has 1 aliphatic heterocycles. The van der Waals surface area contributed by atoms with E-state index in [0.29, 0.717) is 29.1 Å². The van der Waals surface area contributed by atoms with E-state index in [0.717, 1.165) is 28.7 Å². The first-order valence-corrected chi connectivity index (χ1v) is 11.4. The molecule has 3 aromatic heterocycles. The Balaban J connectivity index is 1.53. The van der Waals surface area contributed by atoms with Gasteiger partial charge in [0, 0.05) is 12.3 Å². The molecule has 0 radical (unpaired) electrons. The highest BCUT2D eigenvalue weighted by atomic mass is 32.1. The molecule has 1 N–H and O–H groups in total. The van der Waals surface area contributed by atoms with E-state index in [9.17, 15) is 14.4 Å². The maximum atomic E-state index is 13.2. The Labute approximate surface area is 186 Å². The van der Waals surface area contributed by atoms with Crippen LogP contribution in [0.5, 0.6) is 0 Å². The summed E-state index contributed by atoms with van der Waals surface area (Å²) in [6, 6.07) is 7.36. The van der Waals surface area contributed by atoms with Crippen molar-refractivity contribution in [1.82, 2.24) is 18.7 Å². The standard InChI is InChI=1S/C22H23N5O4S/c1-13-5-6-15(10-14(13)2)23-18(28)12-26-22(30)27-17-7-9-32-19(17)20(29)25(21(27)24-26)11-16-4-3-8-31-16/h5-7,9-10,16H,3-4,8,11-12H2,1-2H3,(H,23,28)/t16-/m0/s1. The lowest BCUT2D eigenvalue weighted by Crippen LogP contribution is -2.30. The van der Waals surface area contributed by atoms with Crippen molar-refractivity contribution in [2.24, 2.45) is 0 Å². The van der Waals surface area contributed by atoms with Gasteiger partial charge in [-0.3, -0.25) is 14.2 Å². The van der Waals surface area contributed by atoms with E-state index in [1.165, 1.54) is 20.3 Å². The minimum atomic E-state index is -0.459. The Kier molecular flexibility index (Phi) is 5.18. The van der Waals surface area contributed by atoms with Gasteiger partial charge in [0.2, 0.25) is 11.7 Å². The number of ether oxygens (including phenoxy) is 1. The molecule has 1 aliphatic rings. The van der Waals surface area contributed by atoms with Gasteiger partial charge in [-0.25, -0.2) is 13.9 Å². The first kappa shape index (κ1) is 20.7. The zero-order valence-corrected chi connectivity index (χ0v) is 18.6. The van der Waals surface area contributed by atoms with Gasteiger partial charge in [0.25, 0.3) is 5.56 Å². The number of aromatic nitrogens is 4. The first-order valence-electron chi connectivity index (χ1n) is 10.5. The number of fused-ring (bicyclic) bond motifs is 3. The van der Waals surface area contributed by atoms with Gasteiger partial charge in [0.1, 0.15) is 11.2 Å². The van der Waals surface area contributed by atoms with E-state index in [1.807, 2.05) is 32.0 Å². The van der Waals surface area contributed by atoms with Crippen LogP contribution in [0.15, 0.2) is 39.2 Å². The molecular formula is C22H23N5O4S. The lowest BCUT2D eigenvalue weighted by molar-refractivity contribution is -0.117. The predicted molar refractivity (Wildman–Crippen MR) is 123 cm³/mol. The van der Waals surface area contributed by atoms with E-state index in [4.69, 9.17) is 4.74 Å². The fraction of sp³-hybridized carbons (Fsp3) is 0.364. The summed E-state index contributed by atoms with van der Waals surface area (Å²) < 4.78 is 10.2. The number of aryl methyl sites for hydroxylation is 2. The molecule has 32 heavy (non-hydrogen) atoms. The van der Waals surface area contributed by atoms with E-state index in [2.05, 4.69) is 10.4 Å². The molecule has 0 bridgehead atoms. The van der Waals surface area contributed by atoms with Gasteiger partial charge in [-0.2, -0.15) is 0 Å².